The minimum absolute atomic E-state index is 0.226. The molecular weight excluding hydrogens is 391 g/mol. The lowest BCUT2D eigenvalue weighted by Gasteiger charge is -2.50. The normalized spacial score (nSPS) is 18.2. The molecule has 1 unspecified atom stereocenters. The molecular formula is C23H20ClFN2O2. The third-order valence-corrected chi connectivity index (χ3v) is 5.59. The summed E-state index contributed by atoms with van der Waals surface area (Å²) in [6, 6.07) is 19.3. The number of carbonyl (C=O) groups excluding carboxylic acids is 1. The molecule has 1 aromatic heterocycles. The van der Waals surface area contributed by atoms with E-state index in [0.717, 1.165) is 23.1 Å². The average Bonchev–Trinajstić information content (AvgIpc) is 2.71. The Morgan fingerprint density at radius 2 is 1.90 bits per heavy atom. The van der Waals surface area contributed by atoms with Crippen LogP contribution >= 0.6 is 11.6 Å². The van der Waals surface area contributed by atoms with Gasteiger partial charge in [-0.2, -0.15) is 0 Å². The number of ether oxygens (including phenoxy) is 1. The molecule has 148 valence electrons. The van der Waals surface area contributed by atoms with Gasteiger partial charge in [-0.3, -0.25) is 4.90 Å². The van der Waals surface area contributed by atoms with Crippen LogP contribution in [-0.4, -0.2) is 22.5 Å². The monoisotopic (exact) mass is 410 g/mol. The Kier molecular flexibility index (Phi) is 5.24. The van der Waals surface area contributed by atoms with E-state index in [0.29, 0.717) is 17.4 Å². The highest BCUT2D eigenvalue weighted by molar-refractivity contribution is 6.29. The number of amides is 1. The summed E-state index contributed by atoms with van der Waals surface area (Å²) >= 11 is 6.27. The van der Waals surface area contributed by atoms with Crippen molar-refractivity contribution in [1.82, 2.24) is 9.88 Å². The molecule has 0 aliphatic carbocycles. The molecule has 1 aliphatic heterocycles. The van der Waals surface area contributed by atoms with Gasteiger partial charge in [0, 0.05) is 12.1 Å². The Morgan fingerprint density at radius 3 is 2.55 bits per heavy atom. The van der Waals surface area contributed by atoms with Crippen LogP contribution < -0.4 is 0 Å². The van der Waals surface area contributed by atoms with Crippen molar-refractivity contribution in [3.8, 4) is 11.3 Å². The maximum absolute atomic E-state index is 13.2. The van der Waals surface area contributed by atoms with Crippen LogP contribution in [0, 0.1) is 5.82 Å². The number of halogens is 2. The van der Waals surface area contributed by atoms with Gasteiger partial charge in [0.25, 0.3) is 0 Å². The molecule has 29 heavy (non-hydrogen) atoms. The van der Waals surface area contributed by atoms with E-state index in [9.17, 15) is 9.18 Å². The molecule has 0 N–H and O–H groups in total. The van der Waals surface area contributed by atoms with Gasteiger partial charge in [-0.15, -0.1) is 0 Å². The number of likely N-dealkylation sites (tertiary alicyclic amines) is 1. The average molecular weight is 411 g/mol. The summed E-state index contributed by atoms with van der Waals surface area (Å²) in [7, 11) is 0. The minimum Gasteiger partial charge on any atom is -0.445 e. The van der Waals surface area contributed by atoms with E-state index in [-0.39, 0.29) is 18.5 Å². The van der Waals surface area contributed by atoms with Crippen molar-refractivity contribution < 1.29 is 13.9 Å². The van der Waals surface area contributed by atoms with Crippen LogP contribution in [0.5, 0.6) is 0 Å². The molecule has 0 radical (unpaired) electrons. The number of aromatic nitrogens is 1. The molecule has 4 rings (SSSR count). The lowest BCUT2D eigenvalue weighted by Crippen LogP contribution is -2.58. The lowest BCUT2D eigenvalue weighted by molar-refractivity contribution is -0.00979. The summed E-state index contributed by atoms with van der Waals surface area (Å²) in [5, 5.41) is 0.326. The number of hydrogen-bond donors (Lipinski definition) is 0. The van der Waals surface area contributed by atoms with Crippen molar-refractivity contribution in [1.29, 1.82) is 0 Å². The molecule has 0 spiro atoms. The highest BCUT2D eigenvalue weighted by Crippen LogP contribution is 2.42. The number of carbonyl (C=O) groups is 1. The number of pyridine rings is 1. The minimum atomic E-state index is -0.533. The molecule has 1 saturated heterocycles. The lowest BCUT2D eigenvalue weighted by atomic mass is 9.80. The highest BCUT2D eigenvalue weighted by Gasteiger charge is 2.46. The molecule has 0 bridgehead atoms. The van der Waals surface area contributed by atoms with Crippen molar-refractivity contribution in [3.63, 3.8) is 0 Å². The van der Waals surface area contributed by atoms with Crippen LogP contribution in [0.4, 0.5) is 9.18 Å². The summed E-state index contributed by atoms with van der Waals surface area (Å²) in [4.78, 5) is 18.7. The molecule has 2 aromatic carbocycles. The zero-order chi connectivity index (χ0) is 20.4. The fourth-order valence-corrected chi connectivity index (χ4v) is 3.73. The van der Waals surface area contributed by atoms with Crippen LogP contribution in [-0.2, 0) is 16.9 Å². The Balaban J connectivity index is 1.55. The van der Waals surface area contributed by atoms with E-state index < -0.39 is 5.54 Å². The van der Waals surface area contributed by atoms with Crippen molar-refractivity contribution in [3.05, 3.63) is 88.8 Å². The predicted octanol–water partition coefficient (Wildman–Crippen LogP) is 5.80. The molecule has 1 atom stereocenters. The molecule has 2 heterocycles. The molecule has 1 fully saturated rings. The summed E-state index contributed by atoms with van der Waals surface area (Å²) in [6.07, 6.45) is 0.426. The highest BCUT2D eigenvalue weighted by atomic mass is 35.5. The van der Waals surface area contributed by atoms with Gasteiger partial charge in [-0.1, -0.05) is 41.9 Å². The van der Waals surface area contributed by atoms with Crippen LogP contribution in [0.15, 0.2) is 66.7 Å². The topological polar surface area (TPSA) is 42.4 Å². The smallest absolute Gasteiger partial charge is 0.410 e. The van der Waals surface area contributed by atoms with Crippen LogP contribution in [0.3, 0.4) is 0 Å². The number of benzene rings is 2. The van der Waals surface area contributed by atoms with Gasteiger partial charge < -0.3 is 4.74 Å². The van der Waals surface area contributed by atoms with Gasteiger partial charge >= 0.3 is 6.09 Å². The fourth-order valence-electron chi connectivity index (χ4n) is 3.53. The third kappa shape index (κ3) is 3.96. The van der Waals surface area contributed by atoms with Gasteiger partial charge in [0.1, 0.15) is 17.6 Å². The summed E-state index contributed by atoms with van der Waals surface area (Å²) < 4.78 is 18.7. The van der Waals surface area contributed by atoms with Gasteiger partial charge in [-0.25, -0.2) is 14.2 Å². The molecule has 1 aliphatic rings. The van der Waals surface area contributed by atoms with E-state index in [1.807, 2.05) is 43.3 Å². The molecule has 6 heteroatoms. The standard InChI is InChI=1S/C23H20ClFN2O2/c1-23(11-12-27(23)22(28)29-15-16-5-3-2-4-6-16)18-13-20(26-21(24)14-18)17-7-9-19(25)10-8-17/h2-10,13-14H,11-12,15H2,1H3. The number of rotatable bonds is 4. The molecule has 3 aromatic rings. The summed E-state index contributed by atoms with van der Waals surface area (Å²) in [5.74, 6) is -0.311. The first kappa shape index (κ1) is 19.4. The SMILES string of the molecule is CC1(c2cc(Cl)nc(-c3ccc(F)cc3)c2)CCN1C(=O)OCc1ccccc1. The zero-order valence-corrected chi connectivity index (χ0v) is 16.7. The van der Waals surface area contributed by atoms with Crippen LogP contribution in [0.25, 0.3) is 11.3 Å². The van der Waals surface area contributed by atoms with Gasteiger partial charge in [0.05, 0.1) is 11.2 Å². The maximum atomic E-state index is 13.2. The Hall–Kier alpha value is -2.92. The molecule has 0 saturated carbocycles. The second-order valence-corrected chi connectivity index (χ2v) is 7.67. The van der Waals surface area contributed by atoms with Crippen molar-refractivity contribution in [2.75, 3.05) is 6.54 Å². The second-order valence-electron chi connectivity index (χ2n) is 7.29. The van der Waals surface area contributed by atoms with Crippen molar-refractivity contribution >= 4 is 17.7 Å². The number of hydrogen-bond acceptors (Lipinski definition) is 3. The first-order chi connectivity index (χ1) is 14.0. The Labute approximate surface area is 173 Å². The van der Waals surface area contributed by atoms with Gasteiger partial charge in [0.15, 0.2) is 0 Å². The van der Waals surface area contributed by atoms with Crippen molar-refractivity contribution in [2.45, 2.75) is 25.5 Å². The zero-order valence-electron chi connectivity index (χ0n) is 15.9. The largest absolute Gasteiger partial charge is 0.445 e. The van der Waals surface area contributed by atoms with Crippen LogP contribution in [0.1, 0.15) is 24.5 Å². The molecule has 4 nitrogen and oxygen atoms in total. The first-order valence-electron chi connectivity index (χ1n) is 9.38. The Bertz CT molecular complexity index is 1030. The maximum Gasteiger partial charge on any atom is 0.410 e. The van der Waals surface area contributed by atoms with Gasteiger partial charge in [0.2, 0.25) is 0 Å². The molecule has 1 amide bonds. The van der Waals surface area contributed by atoms with Crippen LogP contribution in [0.2, 0.25) is 5.15 Å². The van der Waals surface area contributed by atoms with Gasteiger partial charge in [-0.05, 0) is 60.9 Å². The van der Waals surface area contributed by atoms with E-state index in [1.165, 1.54) is 12.1 Å². The third-order valence-electron chi connectivity index (χ3n) is 5.40. The van der Waals surface area contributed by atoms with E-state index in [4.69, 9.17) is 16.3 Å². The number of nitrogens with zero attached hydrogens (tertiary/aromatic N) is 2. The fraction of sp³-hybridized carbons (Fsp3) is 0.217. The van der Waals surface area contributed by atoms with E-state index >= 15 is 0 Å². The van der Waals surface area contributed by atoms with Crippen molar-refractivity contribution in [2.24, 2.45) is 0 Å². The first-order valence-corrected chi connectivity index (χ1v) is 9.76. The summed E-state index contributed by atoms with van der Waals surface area (Å²) in [5.41, 5.74) is 2.68. The predicted molar refractivity (Wildman–Crippen MR) is 110 cm³/mol. The van der Waals surface area contributed by atoms with E-state index in [2.05, 4.69) is 4.98 Å². The quantitative estimate of drug-likeness (QED) is 0.510. The summed E-state index contributed by atoms with van der Waals surface area (Å²) in [6.45, 7) is 2.82. The Morgan fingerprint density at radius 1 is 1.17 bits per heavy atom. The van der Waals surface area contributed by atoms with E-state index in [1.54, 1.807) is 23.1 Å². The second kappa shape index (κ2) is 7.84.